The quantitative estimate of drug-likeness (QED) is 0.597. The van der Waals surface area contributed by atoms with Crippen molar-refractivity contribution >= 4 is 36.6 Å². The van der Waals surface area contributed by atoms with E-state index in [-0.39, 0.29) is 11.9 Å². The van der Waals surface area contributed by atoms with E-state index in [1.807, 2.05) is 0 Å². The number of rotatable bonds is 5. The third kappa shape index (κ3) is 5.21. The van der Waals surface area contributed by atoms with E-state index in [9.17, 15) is 9.59 Å². The highest BCUT2D eigenvalue weighted by Gasteiger charge is 2.26. The molecule has 1 rings (SSSR count). The van der Waals surface area contributed by atoms with Crippen molar-refractivity contribution in [2.45, 2.75) is 37.9 Å². The second-order valence-corrected chi connectivity index (χ2v) is 5.90. The van der Waals surface area contributed by atoms with Gasteiger partial charge in [-0.05, 0) is 25.7 Å². The predicted molar refractivity (Wildman–Crippen MR) is 70.1 cm³/mol. The minimum absolute atomic E-state index is 0.0361. The Labute approximate surface area is 111 Å². The van der Waals surface area contributed by atoms with E-state index in [0.717, 1.165) is 37.7 Å². The molecule has 0 amide bonds. The minimum Gasteiger partial charge on any atom is -0.481 e. The largest absolute Gasteiger partial charge is 0.481 e. The van der Waals surface area contributed by atoms with Crippen molar-refractivity contribution < 1.29 is 18.9 Å². The molecule has 1 atom stereocenters. The smallest absolute Gasteiger partial charge is 0.320 e. The van der Waals surface area contributed by atoms with Crippen LogP contribution >= 0.6 is 24.7 Å². The van der Waals surface area contributed by atoms with Gasteiger partial charge in [0.05, 0.1) is 23.9 Å². The average molecular weight is 278 g/mol. The molecule has 1 unspecified atom stereocenters. The molecule has 0 saturated heterocycles. The zero-order valence-electron chi connectivity index (χ0n) is 9.80. The van der Waals surface area contributed by atoms with Gasteiger partial charge in [-0.25, -0.2) is 0 Å². The SMILES string of the molecule is CC(CSOC(=O)C1CCC(S)CC1)C(=O)O. The van der Waals surface area contributed by atoms with Crippen molar-refractivity contribution in [1.29, 1.82) is 0 Å². The fourth-order valence-corrected chi connectivity index (χ4v) is 2.61. The number of aliphatic carboxylic acids is 1. The fraction of sp³-hybridized carbons (Fsp3) is 0.818. The summed E-state index contributed by atoms with van der Waals surface area (Å²) in [5, 5.41) is 9.06. The number of carboxylic acid groups (broad SMARTS) is 1. The molecule has 1 fully saturated rings. The fourth-order valence-electron chi connectivity index (χ4n) is 1.65. The zero-order chi connectivity index (χ0) is 12.8. The highest BCUT2D eigenvalue weighted by Crippen LogP contribution is 2.29. The number of hydrogen-bond acceptors (Lipinski definition) is 5. The highest BCUT2D eigenvalue weighted by atomic mass is 32.2. The van der Waals surface area contributed by atoms with E-state index >= 15 is 0 Å². The third-order valence-corrected chi connectivity index (χ3v) is 4.35. The first-order chi connectivity index (χ1) is 8.00. The molecule has 1 aliphatic rings. The van der Waals surface area contributed by atoms with Gasteiger partial charge in [-0.2, -0.15) is 12.6 Å². The molecule has 0 bridgehead atoms. The summed E-state index contributed by atoms with van der Waals surface area (Å²) < 4.78 is 5.03. The molecular weight excluding hydrogens is 260 g/mol. The van der Waals surface area contributed by atoms with E-state index < -0.39 is 11.9 Å². The van der Waals surface area contributed by atoms with Gasteiger partial charge in [-0.15, -0.1) is 0 Å². The third-order valence-electron chi connectivity index (χ3n) is 2.91. The summed E-state index contributed by atoms with van der Waals surface area (Å²) in [5.74, 6) is -1.33. The first-order valence-corrected chi connectivity index (χ1v) is 7.17. The van der Waals surface area contributed by atoms with Crippen LogP contribution in [-0.2, 0) is 13.8 Å². The summed E-state index contributed by atoms with van der Waals surface area (Å²) in [6.45, 7) is 1.59. The van der Waals surface area contributed by atoms with Crippen molar-refractivity contribution in [3.63, 3.8) is 0 Å². The number of carbonyl (C=O) groups is 2. The second kappa shape index (κ2) is 7.16. The molecule has 1 N–H and O–H groups in total. The van der Waals surface area contributed by atoms with E-state index in [1.54, 1.807) is 6.92 Å². The lowest BCUT2D eigenvalue weighted by Gasteiger charge is -2.23. The molecule has 1 aliphatic carbocycles. The monoisotopic (exact) mass is 278 g/mol. The standard InChI is InChI=1S/C11H18O4S2/c1-7(10(12)13)6-17-15-11(14)8-2-4-9(16)5-3-8/h7-9,16H,2-6H2,1H3,(H,12,13). The van der Waals surface area contributed by atoms with Crippen LogP contribution in [0.3, 0.4) is 0 Å². The van der Waals surface area contributed by atoms with Gasteiger partial charge in [-0.1, -0.05) is 6.92 Å². The van der Waals surface area contributed by atoms with Crippen molar-refractivity contribution in [2.75, 3.05) is 5.75 Å². The van der Waals surface area contributed by atoms with E-state index in [0.29, 0.717) is 11.0 Å². The molecule has 0 aromatic rings. The normalized spacial score (nSPS) is 26.2. The Morgan fingerprint density at radius 2 is 2.00 bits per heavy atom. The van der Waals surface area contributed by atoms with Crippen LogP contribution in [-0.4, -0.2) is 28.0 Å². The molecule has 4 nitrogen and oxygen atoms in total. The van der Waals surface area contributed by atoms with Crippen LogP contribution in [0.4, 0.5) is 0 Å². The molecule has 0 aromatic heterocycles. The van der Waals surface area contributed by atoms with Gasteiger partial charge < -0.3 is 9.29 Å². The van der Waals surface area contributed by atoms with Gasteiger partial charge in [0.2, 0.25) is 0 Å². The Balaban J connectivity index is 2.19. The molecule has 98 valence electrons. The van der Waals surface area contributed by atoms with Crippen molar-refractivity contribution in [3.8, 4) is 0 Å². The summed E-state index contributed by atoms with van der Waals surface area (Å²) in [6, 6.07) is 0. The summed E-state index contributed by atoms with van der Waals surface area (Å²) in [6.07, 6.45) is 3.53. The topological polar surface area (TPSA) is 63.6 Å². The number of carbonyl (C=O) groups excluding carboxylic acids is 1. The zero-order valence-corrected chi connectivity index (χ0v) is 11.5. The lowest BCUT2D eigenvalue weighted by molar-refractivity contribution is -0.141. The average Bonchev–Trinajstić information content (AvgIpc) is 2.29. The van der Waals surface area contributed by atoms with Crippen LogP contribution in [0.1, 0.15) is 32.6 Å². The van der Waals surface area contributed by atoms with Crippen molar-refractivity contribution in [2.24, 2.45) is 11.8 Å². The van der Waals surface area contributed by atoms with E-state index in [4.69, 9.17) is 9.29 Å². The van der Waals surface area contributed by atoms with E-state index in [2.05, 4.69) is 12.6 Å². The Bertz CT molecular complexity index is 275. The summed E-state index contributed by atoms with van der Waals surface area (Å²) in [5.41, 5.74) is 0. The minimum atomic E-state index is -0.871. The van der Waals surface area contributed by atoms with Crippen LogP contribution < -0.4 is 0 Å². The van der Waals surface area contributed by atoms with E-state index in [1.165, 1.54) is 0 Å². The van der Waals surface area contributed by atoms with Gasteiger partial charge in [-0.3, -0.25) is 9.59 Å². The van der Waals surface area contributed by atoms with Gasteiger partial charge in [0.1, 0.15) is 0 Å². The Morgan fingerprint density at radius 3 is 2.53 bits per heavy atom. The number of thiol groups is 1. The molecule has 0 heterocycles. The Hall–Kier alpha value is -0.360. The highest BCUT2D eigenvalue weighted by molar-refractivity contribution is 7.95. The van der Waals surface area contributed by atoms with Crippen LogP contribution in [0.25, 0.3) is 0 Å². The second-order valence-electron chi connectivity index (χ2n) is 4.43. The Kier molecular flexibility index (Phi) is 6.19. The molecular formula is C11H18O4S2. The lowest BCUT2D eigenvalue weighted by atomic mass is 9.89. The molecule has 17 heavy (non-hydrogen) atoms. The van der Waals surface area contributed by atoms with Gasteiger partial charge >= 0.3 is 11.9 Å². The molecule has 0 aliphatic heterocycles. The van der Waals surface area contributed by atoms with Crippen molar-refractivity contribution in [3.05, 3.63) is 0 Å². The molecule has 0 aromatic carbocycles. The number of hydrogen-bond donors (Lipinski definition) is 2. The van der Waals surface area contributed by atoms with Gasteiger partial charge in [0, 0.05) is 11.0 Å². The summed E-state index contributed by atoms with van der Waals surface area (Å²) in [4.78, 5) is 22.2. The summed E-state index contributed by atoms with van der Waals surface area (Å²) >= 11 is 5.31. The molecule has 0 radical (unpaired) electrons. The van der Waals surface area contributed by atoms with Crippen LogP contribution in [0.15, 0.2) is 0 Å². The van der Waals surface area contributed by atoms with Crippen LogP contribution in [0.5, 0.6) is 0 Å². The van der Waals surface area contributed by atoms with Gasteiger partial charge in [0.25, 0.3) is 0 Å². The number of carboxylic acids is 1. The first-order valence-electron chi connectivity index (χ1n) is 5.75. The predicted octanol–water partition coefficient (Wildman–Crippen LogP) is 2.39. The van der Waals surface area contributed by atoms with Gasteiger partial charge in [0.15, 0.2) is 0 Å². The molecule has 0 spiro atoms. The van der Waals surface area contributed by atoms with Crippen molar-refractivity contribution in [1.82, 2.24) is 0 Å². The van der Waals surface area contributed by atoms with Crippen LogP contribution in [0, 0.1) is 11.8 Å². The Morgan fingerprint density at radius 1 is 1.41 bits per heavy atom. The first kappa shape index (κ1) is 14.7. The maximum absolute atomic E-state index is 11.6. The molecule has 6 heteroatoms. The molecule has 1 saturated carbocycles. The summed E-state index contributed by atoms with van der Waals surface area (Å²) in [7, 11) is 0. The maximum Gasteiger partial charge on any atom is 0.320 e. The lowest BCUT2D eigenvalue weighted by Crippen LogP contribution is -2.23. The van der Waals surface area contributed by atoms with Crippen LogP contribution in [0.2, 0.25) is 0 Å². The maximum atomic E-state index is 11.6.